The monoisotopic (exact) mass is 381 g/mol. The summed E-state index contributed by atoms with van der Waals surface area (Å²) in [7, 11) is 0. The number of aliphatic hydroxyl groups is 1. The van der Waals surface area contributed by atoms with Gasteiger partial charge in [0.25, 0.3) is 5.91 Å². The molecule has 2 heterocycles. The Kier molecular flexibility index (Phi) is 5.87. The van der Waals surface area contributed by atoms with Crippen molar-refractivity contribution < 1.29 is 19.4 Å². The van der Waals surface area contributed by atoms with Crippen LogP contribution in [0.5, 0.6) is 5.75 Å². The highest BCUT2D eigenvalue weighted by molar-refractivity contribution is 7.14. The number of halogens is 1. The van der Waals surface area contributed by atoms with Gasteiger partial charge >= 0.3 is 0 Å². The van der Waals surface area contributed by atoms with Gasteiger partial charge in [0.15, 0.2) is 5.78 Å². The molecule has 3 N–H and O–H groups in total. The largest absolute Gasteiger partial charge is 0.485 e. The van der Waals surface area contributed by atoms with Crippen LogP contribution in [0.1, 0.15) is 47.1 Å². The van der Waals surface area contributed by atoms with Crippen molar-refractivity contribution in [2.45, 2.75) is 38.9 Å². The van der Waals surface area contributed by atoms with Gasteiger partial charge in [-0.05, 0) is 56.0 Å². The summed E-state index contributed by atoms with van der Waals surface area (Å²) in [5, 5.41) is 11.6. The number of rotatable bonds is 2. The van der Waals surface area contributed by atoms with Crippen LogP contribution >= 0.6 is 22.9 Å². The molecule has 134 valence electrons. The lowest BCUT2D eigenvalue weighted by Gasteiger charge is -2.37. The van der Waals surface area contributed by atoms with Gasteiger partial charge in [0.2, 0.25) is 0 Å². The summed E-state index contributed by atoms with van der Waals surface area (Å²) in [6.45, 7) is 5.25. The maximum atomic E-state index is 11.2. The molecule has 3 rings (SSSR count). The summed E-state index contributed by atoms with van der Waals surface area (Å²) in [6, 6.07) is 6.97. The smallest absolute Gasteiger partial charge is 0.251 e. The number of fused-ring (bicyclic) bond motifs is 1. The number of ether oxygens (including phenoxy) is 1. The molecule has 1 amide bonds. The molecule has 2 aromatic rings. The first-order valence-corrected chi connectivity index (χ1v) is 8.91. The van der Waals surface area contributed by atoms with Crippen molar-refractivity contribution >= 4 is 34.6 Å². The average molecular weight is 382 g/mol. The number of carbonyl (C=O) groups is 2. The number of hydrogen-bond acceptors (Lipinski definition) is 5. The lowest BCUT2D eigenvalue weighted by atomic mass is 9.90. The zero-order chi connectivity index (χ0) is 18.8. The van der Waals surface area contributed by atoms with Gasteiger partial charge in [-0.3, -0.25) is 9.59 Å². The van der Waals surface area contributed by atoms with Gasteiger partial charge in [-0.2, -0.15) is 0 Å². The van der Waals surface area contributed by atoms with E-state index in [1.54, 1.807) is 29.6 Å². The maximum absolute atomic E-state index is 11.2. The van der Waals surface area contributed by atoms with Crippen LogP contribution in [0.3, 0.4) is 0 Å². The van der Waals surface area contributed by atoms with E-state index in [4.69, 9.17) is 22.1 Å². The molecule has 1 aliphatic heterocycles. The van der Waals surface area contributed by atoms with E-state index in [9.17, 15) is 14.7 Å². The summed E-state index contributed by atoms with van der Waals surface area (Å²) >= 11 is 6.85. The number of benzene rings is 1. The van der Waals surface area contributed by atoms with Gasteiger partial charge in [-0.1, -0.05) is 11.6 Å². The molecule has 1 aliphatic rings. The Morgan fingerprint density at radius 2 is 2.04 bits per heavy atom. The van der Waals surface area contributed by atoms with Crippen molar-refractivity contribution in [3.8, 4) is 5.75 Å². The highest BCUT2D eigenvalue weighted by Crippen LogP contribution is 2.33. The Hall–Kier alpha value is -1.89. The number of nitrogens with two attached hydrogens (primary N) is 1. The zero-order valence-corrected chi connectivity index (χ0v) is 15.8. The topological polar surface area (TPSA) is 89.6 Å². The molecule has 0 spiro atoms. The molecule has 0 bridgehead atoms. The highest BCUT2D eigenvalue weighted by Gasteiger charge is 2.35. The quantitative estimate of drug-likeness (QED) is 0.779. The Labute approximate surface area is 155 Å². The second-order valence-corrected chi connectivity index (χ2v) is 7.79. The second kappa shape index (κ2) is 7.56. The van der Waals surface area contributed by atoms with Crippen molar-refractivity contribution in [1.82, 2.24) is 0 Å². The van der Waals surface area contributed by atoms with Gasteiger partial charge in [-0.15, -0.1) is 11.3 Å². The van der Waals surface area contributed by atoms with Crippen LogP contribution in [0.25, 0.3) is 0 Å². The van der Waals surface area contributed by atoms with Gasteiger partial charge in [0, 0.05) is 12.0 Å². The predicted octanol–water partition coefficient (Wildman–Crippen LogP) is 3.46. The van der Waals surface area contributed by atoms with E-state index in [2.05, 4.69) is 0 Å². The van der Waals surface area contributed by atoms with E-state index in [-0.39, 0.29) is 5.78 Å². The molecule has 0 saturated carbocycles. The standard InChI is InChI=1S/C13H16O3.C5H4ClNOS/c1-8(14)9-4-5-11-10(6-9)7-12(15)13(2,3)16-11;6-4-3(5(7)8)1-2-9-4/h4-6,12,15H,7H2,1-3H3;1-2H,(H2,7,8). The van der Waals surface area contributed by atoms with E-state index in [0.29, 0.717) is 21.9 Å². The van der Waals surface area contributed by atoms with Gasteiger partial charge in [0.1, 0.15) is 15.7 Å². The van der Waals surface area contributed by atoms with E-state index < -0.39 is 17.6 Å². The first-order valence-electron chi connectivity index (χ1n) is 7.65. The van der Waals surface area contributed by atoms with Crippen LogP contribution in [-0.2, 0) is 6.42 Å². The van der Waals surface area contributed by atoms with Gasteiger partial charge in [0.05, 0.1) is 11.7 Å². The Morgan fingerprint density at radius 1 is 1.36 bits per heavy atom. The van der Waals surface area contributed by atoms with Gasteiger partial charge in [-0.25, -0.2) is 0 Å². The number of Topliss-reactive ketones (excluding diaryl/α,β-unsaturated/α-hetero) is 1. The van der Waals surface area contributed by atoms with Crippen molar-refractivity contribution in [2.75, 3.05) is 0 Å². The van der Waals surface area contributed by atoms with Crippen LogP contribution in [0.15, 0.2) is 29.6 Å². The molecular weight excluding hydrogens is 362 g/mol. The van der Waals surface area contributed by atoms with E-state index in [1.807, 2.05) is 13.8 Å². The second-order valence-electron chi connectivity index (χ2n) is 6.28. The lowest BCUT2D eigenvalue weighted by Crippen LogP contribution is -2.46. The third kappa shape index (κ3) is 4.60. The van der Waals surface area contributed by atoms with Crippen LogP contribution in [-0.4, -0.2) is 28.5 Å². The van der Waals surface area contributed by atoms with Crippen LogP contribution in [0.2, 0.25) is 4.34 Å². The predicted molar refractivity (Wildman–Crippen MR) is 98.7 cm³/mol. The first kappa shape index (κ1) is 19.4. The molecule has 0 aliphatic carbocycles. The van der Waals surface area contributed by atoms with Crippen molar-refractivity contribution in [3.63, 3.8) is 0 Å². The van der Waals surface area contributed by atoms with Crippen molar-refractivity contribution in [1.29, 1.82) is 0 Å². The normalized spacial score (nSPS) is 17.6. The molecule has 5 nitrogen and oxygen atoms in total. The number of primary amides is 1. The van der Waals surface area contributed by atoms with E-state index >= 15 is 0 Å². The summed E-state index contributed by atoms with van der Waals surface area (Å²) in [4.78, 5) is 21.7. The Bertz CT molecular complexity index is 800. The van der Waals surface area contributed by atoms with Crippen LogP contribution in [0.4, 0.5) is 0 Å². The summed E-state index contributed by atoms with van der Waals surface area (Å²) < 4.78 is 6.17. The number of aliphatic hydroxyl groups excluding tert-OH is 1. The molecule has 1 atom stereocenters. The summed E-state index contributed by atoms with van der Waals surface area (Å²) in [5.41, 5.74) is 6.35. The molecule has 0 radical (unpaired) electrons. The molecule has 7 heteroatoms. The molecule has 1 aromatic carbocycles. The summed E-state index contributed by atoms with van der Waals surface area (Å²) in [6.07, 6.45) is -0.00842. The average Bonchev–Trinajstić information content (AvgIpc) is 2.94. The number of hydrogen-bond donors (Lipinski definition) is 2. The minimum absolute atomic E-state index is 0.0297. The molecular formula is C18H20ClNO4S. The van der Waals surface area contributed by atoms with Crippen molar-refractivity contribution in [2.24, 2.45) is 5.73 Å². The minimum Gasteiger partial charge on any atom is -0.485 e. The Morgan fingerprint density at radius 3 is 2.52 bits per heavy atom. The minimum atomic E-state index is -0.565. The molecule has 0 fully saturated rings. The third-order valence-corrected chi connectivity index (χ3v) is 5.11. The van der Waals surface area contributed by atoms with Crippen molar-refractivity contribution in [3.05, 3.63) is 50.7 Å². The number of thiophene rings is 1. The van der Waals surface area contributed by atoms with E-state index in [0.717, 1.165) is 11.3 Å². The summed E-state index contributed by atoms with van der Waals surface area (Å²) in [5.74, 6) is 0.323. The number of carbonyl (C=O) groups excluding carboxylic acids is 2. The first-order chi connectivity index (χ1) is 11.6. The van der Waals surface area contributed by atoms with Crippen LogP contribution in [0, 0.1) is 0 Å². The molecule has 1 unspecified atom stereocenters. The fraction of sp³-hybridized carbons (Fsp3) is 0.333. The van der Waals surface area contributed by atoms with Gasteiger partial charge < -0.3 is 15.6 Å². The molecule has 1 aromatic heterocycles. The fourth-order valence-corrected chi connectivity index (χ4v) is 3.26. The molecule has 25 heavy (non-hydrogen) atoms. The Balaban J connectivity index is 0.000000212. The maximum Gasteiger partial charge on any atom is 0.251 e. The number of amides is 1. The zero-order valence-electron chi connectivity index (χ0n) is 14.2. The SMILES string of the molecule is CC(=O)c1ccc2c(c1)CC(O)C(C)(C)O2.NC(=O)c1ccsc1Cl. The molecule has 0 saturated heterocycles. The fourth-order valence-electron chi connectivity index (χ4n) is 2.33. The van der Waals surface area contributed by atoms with Crippen LogP contribution < -0.4 is 10.5 Å². The third-order valence-electron chi connectivity index (χ3n) is 3.94. The highest BCUT2D eigenvalue weighted by atomic mass is 35.5. The number of ketones is 1. The lowest BCUT2D eigenvalue weighted by molar-refractivity contribution is -0.0411. The van der Waals surface area contributed by atoms with E-state index in [1.165, 1.54) is 18.3 Å².